The van der Waals surface area contributed by atoms with Gasteiger partial charge >= 0.3 is 0 Å². The Bertz CT molecular complexity index is 1940. The van der Waals surface area contributed by atoms with Crippen LogP contribution in [0.4, 0.5) is 0 Å². The molecule has 4 fully saturated rings. The van der Waals surface area contributed by atoms with Crippen molar-refractivity contribution in [1.29, 1.82) is 0 Å². The van der Waals surface area contributed by atoms with Crippen molar-refractivity contribution in [3.05, 3.63) is 132 Å². The van der Waals surface area contributed by atoms with Crippen LogP contribution in [0.25, 0.3) is 0 Å². The summed E-state index contributed by atoms with van der Waals surface area (Å²) in [5.74, 6) is 0.166. The summed E-state index contributed by atoms with van der Waals surface area (Å²) in [5, 5.41) is 2.41. The summed E-state index contributed by atoms with van der Waals surface area (Å²) in [7, 11) is -2.68. The molecule has 4 aromatic carbocycles. The molecule has 0 N–H and O–H groups in total. The fourth-order valence-electron chi connectivity index (χ4n) is 10.5. The van der Waals surface area contributed by atoms with Crippen molar-refractivity contribution < 1.29 is 37.6 Å². The highest BCUT2D eigenvalue weighted by Gasteiger charge is 2.55. The zero-order chi connectivity index (χ0) is 43.0. The van der Waals surface area contributed by atoms with Gasteiger partial charge in [-0.2, -0.15) is 0 Å². The number of carbonyl (C=O) groups is 1. The van der Waals surface area contributed by atoms with Crippen molar-refractivity contribution in [2.75, 3.05) is 13.2 Å². The van der Waals surface area contributed by atoms with Gasteiger partial charge in [0.05, 0.1) is 55.4 Å². The van der Waals surface area contributed by atoms with Crippen LogP contribution in [0.1, 0.15) is 103 Å². The fourth-order valence-corrected chi connectivity index (χ4v) is 15.1. The molecule has 9 heteroatoms. The van der Waals surface area contributed by atoms with Gasteiger partial charge in [-0.15, -0.1) is 0 Å². The molecule has 9 atom stereocenters. The molecular formula is C53H68O8Si. The average Bonchev–Trinajstić information content (AvgIpc) is 3.52. The number of carbonyl (C=O) groups excluding carboxylic acids is 1. The van der Waals surface area contributed by atoms with Gasteiger partial charge in [-0.3, -0.25) is 4.79 Å². The predicted octanol–water partition coefficient (Wildman–Crippen LogP) is 9.30. The molecular weight excluding hydrogens is 793 g/mol. The van der Waals surface area contributed by atoms with Gasteiger partial charge in [-0.05, 0) is 78.4 Å². The van der Waals surface area contributed by atoms with Crippen LogP contribution >= 0.6 is 0 Å². The normalized spacial score (nSPS) is 29.1. The molecule has 8 nitrogen and oxygen atoms in total. The minimum absolute atomic E-state index is 0.0315. The van der Waals surface area contributed by atoms with Gasteiger partial charge in [-0.1, -0.05) is 142 Å². The van der Waals surface area contributed by atoms with Crippen molar-refractivity contribution in [3.63, 3.8) is 0 Å². The van der Waals surface area contributed by atoms with Gasteiger partial charge in [0.25, 0.3) is 8.32 Å². The summed E-state index contributed by atoms with van der Waals surface area (Å²) in [6, 6.07) is 42.2. The van der Waals surface area contributed by atoms with Crippen molar-refractivity contribution in [2.45, 2.75) is 165 Å². The van der Waals surface area contributed by atoms with Gasteiger partial charge in [0.15, 0.2) is 5.78 Å². The molecule has 0 unspecified atom stereocenters. The van der Waals surface area contributed by atoms with E-state index in [4.69, 9.17) is 32.8 Å². The Kier molecular flexibility index (Phi) is 14.9. The third-order valence-electron chi connectivity index (χ3n) is 13.8. The SMILES string of the molecule is CC(C)(C)[Si](OCCC[C@H]1O[C@H]2CC[C@@]3(C)O[C@H]4[C@@H](OCc5ccccc5)C[C@@H](CCCOCc5ccccc5)O[C@@H]4C[C@@H]3O[C@@H]2CCC1=O)(c1ccccc1)c1ccccc1. The summed E-state index contributed by atoms with van der Waals surface area (Å²) in [5.41, 5.74) is 1.80. The first kappa shape index (κ1) is 45.1. The minimum Gasteiger partial charge on any atom is -0.407 e. The Hall–Kier alpha value is -3.51. The summed E-state index contributed by atoms with van der Waals surface area (Å²) < 4.78 is 47.9. The number of fused-ring (bicyclic) bond motifs is 3. The van der Waals surface area contributed by atoms with E-state index in [2.05, 4.69) is 125 Å². The highest BCUT2D eigenvalue weighted by Crippen LogP contribution is 2.46. The van der Waals surface area contributed by atoms with E-state index in [-0.39, 0.29) is 53.5 Å². The summed E-state index contributed by atoms with van der Waals surface area (Å²) in [6.45, 7) is 11.5. The van der Waals surface area contributed by atoms with Crippen molar-refractivity contribution in [3.8, 4) is 0 Å². The minimum atomic E-state index is -2.68. The molecule has 62 heavy (non-hydrogen) atoms. The molecule has 0 spiro atoms. The number of hydrogen-bond donors (Lipinski definition) is 0. The average molecular weight is 861 g/mol. The third kappa shape index (κ3) is 10.5. The largest absolute Gasteiger partial charge is 0.407 e. The summed E-state index contributed by atoms with van der Waals surface area (Å²) >= 11 is 0. The van der Waals surface area contributed by atoms with Gasteiger partial charge in [0.1, 0.15) is 12.2 Å². The molecule has 4 aliphatic rings. The van der Waals surface area contributed by atoms with Gasteiger partial charge in [-0.25, -0.2) is 0 Å². The number of rotatable bonds is 16. The molecule has 4 saturated heterocycles. The van der Waals surface area contributed by atoms with E-state index in [1.807, 2.05) is 24.3 Å². The number of hydrogen-bond acceptors (Lipinski definition) is 8. The lowest BCUT2D eigenvalue weighted by atomic mass is 9.81. The van der Waals surface area contributed by atoms with E-state index in [1.54, 1.807) is 0 Å². The van der Waals surface area contributed by atoms with E-state index in [0.717, 1.165) is 44.1 Å². The van der Waals surface area contributed by atoms with Gasteiger partial charge in [0.2, 0.25) is 0 Å². The van der Waals surface area contributed by atoms with Gasteiger partial charge < -0.3 is 32.8 Å². The first-order chi connectivity index (χ1) is 30.1. The maximum Gasteiger partial charge on any atom is 0.261 e. The molecule has 0 bridgehead atoms. The van der Waals surface area contributed by atoms with Gasteiger partial charge in [0, 0.05) is 32.5 Å². The van der Waals surface area contributed by atoms with Crippen LogP contribution in [0, 0.1) is 0 Å². The van der Waals surface area contributed by atoms with Crippen LogP contribution in [-0.2, 0) is 50.9 Å². The van der Waals surface area contributed by atoms with Crippen molar-refractivity contribution in [1.82, 2.24) is 0 Å². The van der Waals surface area contributed by atoms with Crippen LogP contribution < -0.4 is 10.4 Å². The Labute approximate surface area is 371 Å². The number of ether oxygens (including phenoxy) is 6. The zero-order valence-corrected chi connectivity index (χ0v) is 38.3. The zero-order valence-electron chi connectivity index (χ0n) is 37.3. The molecule has 0 saturated carbocycles. The molecule has 0 aliphatic carbocycles. The first-order valence-electron chi connectivity index (χ1n) is 23.3. The molecule has 4 heterocycles. The van der Waals surface area contributed by atoms with Crippen molar-refractivity contribution in [2.24, 2.45) is 0 Å². The highest BCUT2D eigenvalue weighted by molar-refractivity contribution is 6.99. The quantitative estimate of drug-likeness (QED) is 0.0816. The van der Waals surface area contributed by atoms with Crippen LogP contribution in [0.2, 0.25) is 5.04 Å². The molecule has 332 valence electrons. The Morgan fingerprint density at radius 1 is 0.677 bits per heavy atom. The van der Waals surface area contributed by atoms with E-state index in [9.17, 15) is 4.79 Å². The van der Waals surface area contributed by atoms with Crippen molar-refractivity contribution >= 4 is 24.5 Å². The molecule has 0 radical (unpaired) electrons. The first-order valence-corrected chi connectivity index (χ1v) is 25.2. The molecule has 8 rings (SSSR count). The molecule has 0 amide bonds. The lowest BCUT2D eigenvalue weighted by molar-refractivity contribution is -0.298. The molecule has 4 aliphatic heterocycles. The van der Waals surface area contributed by atoms with E-state index >= 15 is 0 Å². The molecule has 0 aromatic heterocycles. The fraction of sp³-hybridized carbons (Fsp3) is 0.528. The summed E-state index contributed by atoms with van der Waals surface area (Å²) in [4.78, 5) is 13.7. The Morgan fingerprint density at radius 3 is 1.92 bits per heavy atom. The lowest BCUT2D eigenvalue weighted by Gasteiger charge is -2.52. The van der Waals surface area contributed by atoms with E-state index < -0.39 is 20.0 Å². The predicted molar refractivity (Wildman–Crippen MR) is 245 cm³/mol. The number of ketones is 1. The lowest BCUT2D eigenvalue weighted by Crippen LogP contribution is -2.66. The van der Waals surface area contributed by atoms with Crippen LogP contribution in [0.15, 0.2) is 121 Å². The van der Waals surface area contributed by atoms with Crippen LogP contribution in [-0.4, -0.2) is 81.7 Å². The Balaban J connectivity index is 0.907. The van der Waals surface area contributed by atoms with Crippen LogP contribution in [0.3, 0.4) is 0 Å². The monoisotopic (exact) mass is 860 g/mol. The highest BCUT2D eigenvalue weighted by atomic mass is 28.4. The third-order valence-corrected chi connectivity index (χ3v) is 18.8. The van der Waals surface area contributed by atoms with Crippen LogP contribution in [0.5, 0.6) is 0 Å². The standard InChI is InChI=1S/C53H68O8Si/c1-52(2,3)62(42-24-13-7-14-25-42,43-26-15-8-16-27-43)57-34-18-28-45-44(54)29-30-46-47(59-45)31-32-53(4)50(60-46)36-49-51(61-53)48(56-38-40-21-11-6-12-22-40)35-41(58-49)23-17-33-55-37-39-19-9-5-10-20-39/h5-16,19-22,24-27,41,45-51H,17-18,23,28-38H2,1-4H3/t41-,45-,46-,47+,48+,49-,50+,51+,53-/m1/s1. The maximum atomic E-state index is 13.7. The second-order valence-electron chi connectivity index (χ2n) is 19.2. The second kappa shape index (κ2) is 20.5. The molecule has 4 aromatic rings. The van der Waals surface area contributed by atoms with E-state index in [1.165, 1.54) is 15.9 Å². The number of benzene rings is 4. The second-order valence-corrected chi connectivity index (χ2v) is 23.5. The maximum absolute atomic E-state index is 13.7. The van der Waals surface area contributed by atoms with E-state index in [0.29, 0.717) is 52.1 Å². The smallest absolute Gasteiger partial charge is 0.261 e. The topological polar surface area (TPSA) is 81.7 Å². The Morgan fingerprint density at radius 2 is 1.27 bits per heavy atom. The number of Topliss-reactive ketones (excluding diaryl/α,β-unsaturated/α-hetero) is 1. The summed E-state index contributed by atoms with van der Waals surface area (Å²) in [6.07, 6.45) is 5.76.